The number of nitrogens with one attached hydrogen (secondary N) is 1. The molecule has 0 spiro atoms. The van der Waals surface area contributed by atoms with Crippen molar-refractivity contribution in [2.45, 2.75) is 6.54 Å². The van der Waals surface area contributed by atoms with Gasteiger partial charge in [-0.05, 0) is 5.56 Å². The van der Waals surface area contributed by atoms with Crippen molar-refractivity contribution >= 4 is 28.7 Å². The van der Waals surface area contributed by atoms with Crippen molar-refractivity contribution < 1.29 is 9.59 Å². The van der Waals surface area contributed by atoms with Gasteiger partial charge in [0.2, 0.25) is 5.91 Å². The highest BCUT2D eigenvalue weighted by Gasteiger charge is 2.23. The lowest BCUT2D eigenvalue weighted by Gasteiger charge is -2.13. The van der Waals surface area contributed by atoms with Gasteiger partial charge in [-0.15, -0.1) is 0 Å². The lowest BCUT2D eigenvalue weighted by Crippen LogP contribution is -2.33. The Kier molecular flexibility index (Phi) is 4.43. The molecule has 1 aromatic heterocycles. The van der Waals surface area contributed by atoms with Crippen LogP contribution in [0.5, 0.6) is 0 Å². The molecule has 7 heteroatoms. The van der Waals surface area contributed by atoms with E-state index in [4.69, 9.17) is 0 Å². The van der Waals surface area contributed by atoms with Crippen LogP contribution in [-0.4, -0.2) is 44.7 Å². The molecule has 1 aliphatic rings. The van der Waals surface area contributed by atoms with Gasteiger partial charge < -0.3 is 10.2 Å². The summed E-state index contributed by atoms with van der Waals surface area (Å²) in [5.74, 6) is 1.03. The predicted molar refractivity (Wildman–Crippen MR) is 85.8 cm³/mol. The van der Waals surface area contributed by atoms with Crippen LogP contribution in [-0.2, 0) is 11.3 Å². The van der Waals surface area contributed by atoms with Crippen LogP contribution in [0.25, 0.3) is 0 Å². The van der Waals surface area contributed by atoms with Gasteiger partial charge in [-0.3, -0.25) is 14.3 Å². The molecule has 0 aliphatic carbocycles. The molecule has 2 amide bonds. The number of hydrogen-bond donors (Lipinski definition) is 1. The van der Waals surface area contributed by atoms with Crippen molar-refractivity contribution in [2.24, 2.45) is 0 Å². The summed E-state index contributed by atoms with van der Waals surface area (Å²) in [6, 6.07) is 11.7. The maximum absolute atomic E-state index is 11.9. The number of carbonyl (C=O) groups excluding carboxylic acids is 2. The van der Waals surface area contributed by atoms with E-state index in [0.717, 1.165) is 11.3 Å². The molecule has 1 fully saturated rings. The Labute approximate surface area is 132 Å². The summed E-state index contributed by atoms with van der Waals surface area (Å²) in [6.45, 7) is 1.36. The molecule has 1 aliphatic heterocycles. The molecule has 1 saturated heterocycles. The number of benzene rings is 1. The summed E-state index contributed by atoms with van der Waals surface area (Å²) < 4.78 is 1.77. The molecular formula is C15H16N4O2S. The largest absolute Gasteiger partial charge is 0.323 e. The van der Waals surface area contributed by atoms with E-state index < -0.39 is 0 Å². The first-order chi connectivity index (χ1) is 10.7. The Balaban J connectivity index is 1.55. The van der Waals surface area contributed by atoms with Crippen LogP contribution in [0.3, 0.4) is 0 Å². The van der Waals surface area contributed by atoms with Crippen LogP contribution in [0.4, 0.5) is 10.6 Å². The van der Waals surface area contributed by atoms with E-state index in [9.17, 15) is 9.59 Å². The summed E-state index contributed by atoms with van der Waals surface area (Å²) in [5, 5.41) is 7.00. The number of anilines is 1. The highest BCUT2D eigenvalue weighted by Crippen LogP contribution is 2.16. The quantitative estimate of drug-likeness (QED) is 0.916. The van der Waals surface area contributed by atoms with Gasteiger partial charge in [0.15, 0.2) is 5.82 Å². The van der Waals surface area contributed by atoms with Gasteiger partial charge in [-0.2, -0.15) is 5.10 Å². The van der Waals surface area contributed by atoms with Crippen LogP contribution in [0, 0.1) is 0 Å². The molecule has 0 unspecified atom stereocenters. The Bertz CT molecular complexity index is 671. The number of nitrogens with zero attached hydrogens (tertiary/aromatic N) is 3. The van der Waals surface area contributed by atoms with Gasteiger partial charge in [0.25, 0.3) is 5.24 Å². The van der Waals surface area contributed by atoms with E-state index in [1.807, 2.05) is 36.5 Å². The molecule has 1 N–H and O–H groups in total. The first-order valence-electron chi connectivity index (χ1n) is 6.99. The lowest BCUT2D eigenvalue weighted by atomic mass is 10.2. The van der Waals surface area contributed by atoms with Crippen LogP contribution in [0.1, 0.15) is 5.56 Å². The first-order valence-corrected chi connectivity index (χ1v) is 7.98. The summed E-state index contributed by atoms with van der Waals surface area (Å²) in [6.07, 6.45) is 1.82. The van der Waals surface area contributed by atoms with Crippen LogP contribution < -0.4 is 5.32 Å². The van der Waals surface area contributed by atoms with Crippen molar-refractivity contribution in [1.82, 2.24) is 14.7 Å². The minimum atomic E-state index is -0.221. The number of rotatable bonds is 5. The molecule has 2 heterocycles. The zero-order valence-corrected chi connectivity index (χ0v) is 12.8. The molecule has 0 atom stereocenters. The number of aromatic nitrogens is 2. The minimum Gasteiger partial charge on any atom is -0.323 e. The highest BCUT2D eigenvalue weighted by molar-refractivity contribution is 8.13. The van der Waals surface area contributed by atoms with E-state index >= 15 is 0 Å². The summed E-state index contributed by atoms with van der Waals surface area (Å²) in [5.41, 5.74) is 1.14. The fraction of sp³-hybridized carbons (Fsp3) is 0.267. The fourth-order valence-corrected chi connectivity index (χ4v) is 3.04. The third kappa shape index (κ3) is 3.67. The molecule has 1 aromatic carbocycles. The molecule has 0 radical (unpaired) electrons. The molecule has 114 valence electrons. The molecule has 0 saturated carbocycles. The van der Waals surface area contributed by atoms with E-state index in [-0.39, 0.29) is 17.7 Å². The summed E-state index contributed by atoms with van der Waals surface area (Å²) in [4.78, 5) is 24.9. The average Bonchev–Trinajstić information content (AvgIpc) is 3.10. The van der Waals surface area contributed by atoms with Crippen molar-refractivity contribution in [3.63, 3.8) is 0 Å². The van der Waals surface area contributed by atoms with Crippen molar-refractivity contribution in [2.75, 3.05) is 24.2 Å². The molecular weight excluding hydrogens is 300 g/mol. The standard InChI is InChI=1S/C15H16N4O2S/c20-14(11-18-8-9-22-15(18)21)16-13-6-7-19(17-13)10-12-4-2-1-3-5-12/h1-7H,8-11H2,(H,16,17,20). The Morgan fingerprint density at radius 2 is 2.09 bits per heavy atom. The predicted octanol–water partition coefficient (Wildman–Crippen LogP) is 2.04. The van der Waals surface area contributed by atoms with Crippen molar-refractivity contribution in [1.29, 1.82) is 0 Å². The number of amides is 2. The minimum absolute atomic E-state index is 0.0373. The second-order valence-electron chi connectivity index (χ2n) is 4.97. The Morgan fingerprint density at radius 1 is 1.27 bits per heavy atom. The third-order valence-corrected chi connectivity index (χ3v) is 4.17. The highest BCUT2D eigenvalue weighted by atomic mass is 32.2. The van der Waals surface area contributed by atoms with E-state index in [1.54, 1.807) is 15.6 Å². The first kappa shape index (κ1) is 14.6. The monoisotopic (exact) mass is 316 g/mol. The molecule has 0 bridgehead atoms. The van der Waals surface area contributed by atoms with E-state index in [2.05, 4.69) is 10.4 Å². The number of thioether (sulfide) groups is 1. The van der Waals surface area contributed by atoms with E-state index in [0.29, 0.717) is 18.9 Å². The topological polar surface area (TPSA) is 67.2 Å². The summed E-state index contributed by atoms with van der Waals surface area (Å²) >= 11 is 1.25. The Morgan fingerprint density at radius 3 is 2.82 bits per heavy atom. The van der Waals surface area contributed by atoms with Gasteiger partial charge in [-0.25, -0.2) is 0 Å². The normalized spacial score (nSPS) is 14.4. The average molecular weight is 316 g/mol. The van der Waals surface area contributed by atoms with Gasteiger partial charge in [0.05, 0.1) is 6.54 Å². The maximum atomic E-state index is 11.9. The number of carbonyl (C=O) groups is 2. The SMILES string of the molecule is O=C(CN1CCSC1=O)Nc1ccn(Cc2ccccc2)n1. The van der Waals surface area contributed by atoms with Crippen LogP contribution >= 0.6 is 11.8 Å². The fourth-order valence-electron chi connectivity index (χ4n) is 2.21. The number of hydrogen-bond acceptors (Lipinski definition) is 4. The zero-order valence-electron chi connectivity index (χ0n) is 11.9. The lowest BCUT2D eigenvalue weighted by molar-refractivity contribution is -0.116. The summed E-state index contributed by atoms with van der Waals surface area (Å²) in [7, 11) is 0. The molecule has 2 aromatic rings. The molecule has 6 nitrogen and oxygen atoms in total. The third-order valence-electron chi connectivity index (χ3n) is 3.27. The molecule has 3 rings (SSSR count). The van der Waals surface area contributed by atoms with Gasteiger partial charge in [0.1, 0.15) is 6.54 Å². The molecule has 22 heavy (non-hydrogen) atoms. The van der Waals surface area contributed by atoms with Crippen molar-refractivity contribution in [3.05, 3.63) is 48.2 Å². The van der Waals surface area contributed by atoms with E-state index in [1.165, 1.54) is 11.8 Å². The smallest absolute Gasteiger partial charge is 0.282 e. The van der Waals surface area contributed by atoms with Gasteiger partial charge in [-0.1, -0.05) is 42.1 Å². The Hall–Kier alpha value is -2.28. The second-order valence-corrected chi connectivity index (χ2v) is 6.01. The maximum Gasteiger partial charge on any atom is 0.282 e. The zero-order chi connectivity index (χ0) is 15.4. The van der Waals surface area contributed by atoms with Crippen LogP contribution in [0.2, 0.25) is 0 Å². The van der Waals surface area contributed by atoms with Gasteiger partial charge in [0, 0.05) is 24.6 Å². The van der Waals surface area contributed by atoms with Gasteiger partial charge >= 0.3 is 0 Å². The van der Waals surface area contributed by atoms with Crippen molar-refractivity contribution in [3.8, 4) is 0 Å². The second kappa shape index (κ2) is 6.65. The van der Waals surface area contributed by atoms with Crippen LogP contribution in [0.15, 0.2) is 42.6 Å².